The minimum Gasteiger partial charge on any atom is -0.293 e. The molecule has 1 aromatic rings. The summed E-state index contributed by atoms with van der Waals surface area (Å²) in [4.78, 5) is 14.9. The molecular formula is C9H10ClNO. The Balaban J connectivity index is 3.23. The van der Waals surface area contributed by atoms with E-state index in [1.807, 2.05) is 13.0 Å². The number of ketones is 1. The lowest BCUT2D eigenvalue weighted by molar-refractivity contribution is 0.101. The van der Waals surface area contributed by atoms with Crippen LogP contribution in [0, 0.1) is 0 Å². The zero-order chi connectivity index (χ0) is 9.14. The van der Waals surface area contributed by atoms with Gasteiger partial charge in [-0.2, -0.15) is 0 Å². The van der Waals surface area contributed by atoms with Crippen LogP contribution in [0.2, 0.25) is 5.02 Å². The maximum Gasteiger partial charge on any atom is 0.179 e. The van der Waals surface area contributed by atoms with Crippen molar-refractivity contribution in [3.05, 3.63) is 28.5 Å². The van der Waals surface area contributed by atoms with Crippen molar-refractivity contribution in [2.75, 3.05) is 0 Å². The topological polar surface area (TPSA) is 30.0 Å². The van der Waals surface area contributed by atoms with E-state index in [-0.39, 0.29) is 5.78 Å². The summed E-state index contributed by atoms with van der Waals surface area (Å²) in [5.74, 6) is -0.0877. The number of aromatic nitrogens is 1. The average Bonchev–Trinajstić information content (AvgIpc) is 2.04. The van der Waals surface area contributed by atoms with Crippen molar-refractivity contribution in [1.29, 1.82) is 0 Å². The first kappa shape index (κ1) is 9.20. The van der Waals surface area contributed by atoms with Gasteiger partial charge in [-0.1, -0.05) is 18.5 Å². The van der Waals surface area contributed by atoms with Crippen LogP contribution in [0.4, 0.5) is 0 Å². The standard InChI is InChI=1S/C9H10ClNO/c1-3-7-4-5-11-9(6(2)12)8(7)10/h4-5H,3H2,1-2H3. The molecule has 0 unspecified atom stereocenters. The molecule has 2 nitrogen and oxygen atoms in total. The number of Topliss-reactive ketones (excluding diaryl/α,β-unsaturated/α-hetero) is 1. The molecule has 0 aliphatic heterocycles. The van der Waals surface area contributed by atoms with Gasteiger partial charge in [0.05, 0.1) is 5.02 Å². The number of hydrogen-bond donors (Lipinski definition) is 0. The van der Waals surface area contributed by atoms with Crippen molar-refractivity contribution in [3.63, 3.8) is 0 Å². The molecule has 0 radical (unpaired) electrons. The van der Waals surface area contributed by atoms with Gasteiger partial charge in [0.25, 0.3) is 0 Å². The zero-order valence-electron chi connectivity index (χ0n) is 7.10. The number of carbonyl (C=O) groups is 1. The Bertz CT molecular complexity index is 309. The minimum absolute atomic E-state index is 0.0877. The van der Waals surface area contributed by atoms with Crippen molar-refractivity contribution in [2.24, 2.45) is 0 Å². The first-order valence-corrected chi connectivity index (χ1v) is 4.19. The molecule has 0 fully saturated rings. The average molecular weight is 184 g/mol. The molecule has 0 aromatic carbocycles. The molecule has 3 heteroatoms. The van der Waals surface area contributed by atoms with E-state index in [4.69, 9.17) is 11.6 Å². The van der Waals surface area contributed by atoms with E-state index < -0.39 is 0 Å². The van der Waals surface area contributed by atoms with Crippen LogP contribution < -0.4 is 0 Å². The second kappa shape index (κ2) is 3.68. The van der Waals surface area contributed by atoms with E-state index >= 15 is 0 Å². The molecule has 0 spiro atoms. The van der Waals surface area contributed by atoms with Crippen LogP contribution in [0.25, 0.3) is 0 Å². The van der Waals surface area contributed by atoms with Gasteiger partial charge < -0.3 is 0 Å². The summed E-state index contributed by atoms with van der Waals surface area (Å²) in [6.45, 7) is 3.46. The molecule has 1 heterocycles. The maximum atomic E-state index is 11.0. The number of carbonyl (C=O) groups excluding carboxylic acids is 1. The highest BCUT2D eigenvalue weighted by Gasteiger charge is 2.09. The summed E-state index contributed by atoms with van der Waals surface area (Å²) in [6.07, 6.45) is 2.43. The lowest BCUT2D eigenvalue weighted by atomic mass is 10.1. The van der Waals surface area contributed by atoms with Crippen LogP contribution in [0.15, 0.2) is 12.3 Å². The fraction of sp³-hybridized carbons (Fsp3) is 0.333. The van der Waals surface area contributed by atoms with Crippen LogP contribution in [0.3, 0.4) is 0 Å². The summed E-state index contributed by atoms with van der Waals surface area (Å²) in [7, 11) is 0. The molecule has 0 bridgehead atoms. The first-order valence-electron chi connectivity index (χ1n) is 3.81. The van der Waals surface area contributed by atoms with E-state index in [2.05, 4.69) is 4.98 Å². The van der Waals surface area contributed by atoms with Crippen LogP contribution in [0.5, 0.6) is 0 Å². The molecule has 1 rings (SSSR count). The SMILES string of the molecule is CCc1ccnc(C(C)=O)c1Cl. The number of rotatable bonds is 2. The molecule has 0 saturated heterocycles. The van der Waals surface area contributed by atoms with Crippen molar-refractivity contribution >= 4 is 17.4 Å². The third-order valence-corrected chi connectivity index (χ3v) is 2.11. The van der Waals surface area contributed by atoms with Gasteiger partial charge in [0.15, 0.2) is 5.78 Å². The molecule has 0 amide bonds. The molecule has 64 valence electrons. The summed E-state index contributed by atoms with van der Waals surface area (Å²) in [5, 5.41) is 0.493. The van der Waals surface area contributed by atoms with E-state index in [0.29, 0.717) is 10.7 Å². The molecule has 1 aromatic heterocycles. The Hall–Kier alpha value is -0.890. The van der Waals surface area contributed by atoms with E-state index in [0.717, 1.165) is 12.0 Å². The van der Waals surface area contributed by atoms with Crippen molar-refractivity contribution in [2.45, 2.75) is 20.3 Å². The van der Waals surface area contributed by atoms with Gasteiger partial charge in [-0.3, -0.25) is 9.78 Å². The van der Waals surface area contributed by atoms with Crippen molar-refractivity contribution in [1.82, 2.24) is 4.98 Å². The second-order valence-electron chi connectivity index (χ2n) is 2.54. The number of hydrogen-bond acceptors (Lipinski definition) is 2. The normalized spacial score (nSPS) is 9.92. The summed E-state index contributed by atoms with van der Waals surface area (Å²) < 4.78 is 0. The summed E-state index contributed by atoms with van der Waals surface area (Å²) in [6, 6.07) is 1.83. The number of aryl methyl sites for hydroxylation is 1. The Morgan fingerprint density at radius 1 is 1.67 bits per heavy atom. The van der Waals surface area contributed by atoms with Crippen LogP contribution in [0.1, 0.15) is 29.9 Å². The van der Waals surface area contributed by atoms with Crippen molar-refractivity contribution in [3.8, 4) is 0 Å². The molecule has 0 saturated carbocycles. The first-order chi connectivity index (χ1) is 5.66. The molecular weight excluding hydrogens is 174 g/mol. The van der Waals surface area contributed by atoms with Crippen LogP contribution >= 0.6 is 11.6 Å². The fourth-order valence-electron chi connectivity index (χ4n) is 1.00. The number of nitrogens with zero attached hydrogens (tertiary/aromatic N) is 1. The Kier molecular flexibility index (Phi) is 2.82. The van der Waals surface area contributed by atoms with Gasteiger partial charge in [0.2, 0.25) is 0 Å². The van der Waals surface area contributed by atoms with Crippen LogP contribution in [-0.4, -0.2) is 10.8 Å². The van der Waals surface area contributed by atoms with Gasteiger partial charge in [-0.25, -0.2) is 0 Å². The highest BCUT2D eigenvalue weighted by molar-refractivity contribution is 6.34. The van der Waals surface area contributed by atoms with E-state index in [1.54, 1.807) is 6.20 Å². The Morgan fingerprint density at radius 3 is 2.83 bits per heavy atom. The van der Waals surface area contributed by atoms with Gasteiger partial charge in [-0.15, -0.1) is 0 Å². The second-order valence-corrected chi connectivity index (χ2v) is 2.92. The largest absolute Gasteiger partial charge is 0.293 e. The summed E-state index contributed by atoms with van der Waals surface area (Å²) >= 11 is 5.92. The molecule has 0 aliphatic carbocycles. The summed E-state index contributed by atoms with van der Waals surface area (Å²) in [5.41, 5.74) is 1.34. The van der Waals surface area contributed by atoms with E-state index in [1.165, 1.54) is 6.92 Å². The van der Waals surface area contributed by atoms with Gasteiger partial charge in [0, 0.05) is 13.1 Å². The lowest BCUT2D eigenvalue weighted by Gasteiger charge is -2.02. The molecule has 0 N–H and O–H groups in total. The zero-order valence-corrected chi connectivity index (χ0v) is 7.85. The number of halogens is 1. The quantitative estimate of drug-likeness (QED) is 0.660. The highest BCUT2D eigenvalue weighted by atomic mass is 35.5. The molecule has 0 aliphatic rings. The molecule has 12 heavy (non-hydrogen) atoms. The molecule has 0 atom stereocenters. The monoisotopic (exact) mass is 183 g/mol. The predicted octanol–water partition coefficient (Wildman–Crippen LogP) is 2.50. The van der Waals surface area contributed by atoms with Gasteiger partial charge >= 0.3 is 0 Å². The number of pyridine rings is 1. The smallest absolute Gasteiger partial charge is 0.179 e. The van der Waals surface area contributed by atoms with E-state index in [9.17, 15) is 4.79 Å². The minimum atomic E-state index is -0.0877. The maximum absolute atomic E-state index is 11.0. The highest BCUT2D eigenvalue weighted by Crippen LogP contribution is 2.19. The fourth-order valence-corrected chi connectivity index (χ4v) is 1.38. The third kappa shape index (κ3) is 1.64. The lowest BCUT2D eigenvalue weighted by Crippen LogP contribution is -1.99. The third-order valence-electron chi connectivity index (χ3n) is 1.68. The Labute approximate surface area is 76.6 Å². The predicted molar refractivity (Wildman–Crippen MR) is 48.6 cm³/mol. The van der Waals surface area contributed by atoms with Gasteiger partial charge in [-0.05, 0) is 18.1 Å². The van der Waals surface area contributed by atoms with Gasteiger partial charge in [0.1, 0.15) is 5.69 Å². The Morgan fingerprint density at radius 2 is 2.33 bits per heavy atom. The van der Waals surface area contributed by atoms with Crippen LogP contribution in [-0.2, 0) is 6.42 Å². The van der Waals surface area contributed by atoms with Crippen molar-refractivity contribution < 1.29 is 4.79 Å².